The van der Waals surface area contributed by atoms with Gasteiger partial charge in [0.05, 0.1) is 5.92 Å². The minimum atomic E-state index is -0.0159. The quantitative estimate of drug-likeness (QED) is 0.833. The van der Waals surface area contributed by atoms with Gasteiger partial charge in [0.1, 0.15) is 5.82 Å². The summed E-state index contributed by atoms with van der Waals surface area (Å²) in [6.07, 6.45) is 5.73. The van der Waals surface area contributed by atoms with Crippen molar-refractivity contribution >= 4 is 17.6 Å². The van der Waals surface area contributed by atoms with Gasteiger partial charge in [-0.3, -0.25) is 9.59 Å². The summed E-state index contributed by atoms with van der Waals surface area (Å²) in [6, 6.07) is 5.92. The Morgan fingerprint density at radius 1 is 0.880 bits per heavy atom. The summed E-state index contributed by atoms with van der Waals surface area (Å²) in [5.41, 5.74) is 0. The molecule has 2 saturated heterocycles. The van der Waals surface area contributed by atoms with Crippen LogP contribution in [0.5, 0.6) is 0 Å². The Bertz CT molecular complexity index is 624. The van der Waals surface area contributed by atoms with E-state index >= 15 is 0 Å². The highest BCUT2D eigenvalue weighted by molar-refractivity contribution is 5.83. The Labute approximate surface area is 148 Å². The third kappa shape index (κ3) is 3.62. The van der Waals surface area contributed by atoms with Crippen LogP contribution in [0, 0.1) is 11.8 Å². The van der Waals surface area contributed by atoms with Crippen LogP contribution in [0.1, 0.15) is 25.7 Å². The van der Waals surface area contributed by atoms with Gasteiger partial charge < -0.3 is 14.7 Å². The van der Waals surface area contributed by atoms with Crippen LogP contribution in [0.4, 0.5) is 5.82 Å². The number of carbonyl (C=O) groups excluding carboxylic acids is 2. The minimum Gasteiger partial charge on any atom is -0.353 e. The molecule has 6 heteroatoms. The molecule has 2 aliphatic heterocycles. The van der Waals surface area contributed by atoms with Gasteiger partial charge in [0.2, 0.25) is 11.8 Å². The average Bonchev–Trinajstić information content (AvgIpc) is 3.53. The number of carbonyl (C=O) groups is 2. The van der Waals surface area contributed by atoms with Crippen LogP contribution in [-0.2, 0) is 9.59 Å². The van der Waals surface area contributed by atoms with Gasteiger partial charge >= 0.3 is 0 Å². The van der Waals surface area contributed by atoms with Crippen LogP contribution in [0.15, 0.2) is 24.4 Å². The smallest absolute Gasteiger partial charge is 0.227 e. The summed E-state index contributed by atoms with van der Waals surface area (Å²) in [7, 11) is 0. The number of anilines is 1. The molecular formula is C19H26N4O2. The summed E-state index contributed by atoms with van der Waals surface area (Å²) in [6.45, 7) is 4.56. The van der Waals surface area contributed by atoms with E-state index in [-0.39, 0.29) is 23.7 Å². The largest absolute Gasteiger partial charge is 0.353 e. The Morgan fingerprint density at radius 2 is 1.64 bits per heavy atom. The van der Waals surface area contributed by atoms with E-state index in [9.17, 15) is 9.59 Å². The van der Waals surface area contributed by atoms with Crippen molar-refractivity contribution in [2.75, 3.05) is 44.2 Å². The van der Waals surface area contributed by atoms with Crippen molar-refractivity contribution in [1.29, 1.82) is 0 Å². The molecule has 2 amide bonds. The molecule has 1 aromatic heterocycles. The molecule has 6 nitrogen and oxygen atoms in total. The van der Waals surface area contributed by atoms with E-state index in [1.165, 1.54) is 0 Å². The molecule has 134 valence electrons. The molecule has 3 fully saturated rings. The first-order valence-electron chi connectivity index (χ1n) is 9.46. The van der Waals surface area contributed by atoms with Crippen molar-refractivity contribution in [2.24, 2.45) is 11.8 Å². The number of amides is 2. The van der Waals surface area contributed by atoms with Crippen molar-refractivity contribution < 1.29 is 9.59 Å². The predicted octanol–water partition coefficient (Wildman–Crippen LogP) is 1.38. The summed E-state index contributed by atoms with van der Waals surface area (Å²) in [4.78, 5) is 35.7. The molecular weight excluding hydrogens is 316 g/mol. The van der Waals surface area contributed by atoms with E-state index in [1.807, 2.05) is 28.0 Å². The molecule has 0 radical (unpaired) electrons. The molecule has 1 aliphatic carbocycles. The van der Waals surface area contributed by atoms with E-state index in [1.54, 1.807) is 6.20 Å². The van der Waals surface area contributed by atoms with Crippen LogP contribution in [0.3, 0.4) is 0 Å². The lowest BCUT2D eigenvalue weighted by Gasteiger charge is -2.39. The molecule has 1 aromatic rings. The SMILES string of the molecule is O=C(C1CC1)N1CCC[C@H](C(=O)N2CCN(c3ccccn3)CC2)C1. The monoisotopic (exact) mass is 342 g/mol. The number of piperazine rings is 1. The second kappa shape index (κ2) is 7.02. The molecule has 0 N–H and O–H groups in total. The van der Waals surface area contributed by atoms with Gasteiger partial charge in [-0.25, -0.2) is 4.98 Å². The lowest BCUT2D eigenvalue weighted by molar-refractivity contribution is -0.141. The molecule has 25 heavy (non-hydrogen) atoms. The van der Waals surface area contributed by atoms with Gasteiger partial charge in [-0.2, -0.15) is 0 Å². The highest BCUT2D eigenvalue weighted by atomic mass is 16.2. The second-order valence-electron chi connectivity index (χ2n) is 7.40. The molecule has 0 spiro atoms. The van der Waals surface area contributed by atoms with Crippen LogP contribution in [-0.4, -0.2) is 65.9 Å². The van der Waals surface area contributed by atoms with Crippen LogP contribution >= 0.6 is 0 Å². The van der Waals surface area contributed by atoms with E-state index in [2.05, 4.69) is 9.88 Å². The van der Waals surface area contributed by atoms with Crippen LogP contribution in [0.2, 0.25) is 0 Å². The van der Waals surface area contributed by atoms with E-state index in [0.717, 1.165) is 64.2 Å². The molecule has 1 saturated carbocycles. The maximum Gasteiger partial charge on any atom is 0.227 e. The summed E-state index contributed by atoms with van der Waals surface area (Å²) in [5.74, 6) is 1.72. The normalized spacial score (nSPS) is 24.3. The molecule has 0 unspecified atom stereocenters. The third-order valence-corrected chi connectivity index (χ3v) is 5.57. The average molecular weight is 342 g/mol. The first-order valence-corrected chi connectivity index (χ1v) is 9.46. The Hall–Kier alpha value is -2.11. The molecule has 3 aliphatic rings. The number of rotatable bonds is 3. The highest BCUT2D eigenvalue weighted by Gasteiger charge is 2.38. The number of pyridine rings is 1. The van der Waals surface area contributed by atoms with E-state index < -0.39 is 0 Å². The lowest BCUT2D eigenvalue weighted by atomic mass is 9.95. The Balaban J connectivity index is 1.31. The minimum absolute atomic E-state index is 0.0159. The first-order chi connectivity index (χ1) is 12.2. The van der Waals surface area contributed by atoms with Gasteiger partial charge in [0, 0.05) is 51.4 Å². The molecule has 0 aromatic carbocycles. The zero-order valence-electron chi connectivity index (χ0n) is 14.6. The fraction of sp³-hybridized carbons (Fsp3) is 0.632. The van der Waals surface area contributed by atoms with Crippen molar-refractivity contribution in [2.45, 2.75) is 25.7 Å². The van der Waals surface area contributed by atoms with Crippen molar-refractivity contribution in [3.8, 4) is 0 Å². The maximum absolute atomic E-state index is 12.9. The van der Waals surface area contributed by atoms with Crippen LogP contribution in [0.25, 0.3) is 0 Å². The highest BCUT2D eigenvalue weighted by Crippen LogP contribution is 2.32. The molecule has 4 rings (SSSR count). The summed E-state index contributed by atoms with van der Waals surface area (Å²) >= 11 is 0. The summed E-state index contributed by atoms with van der Waals surface area (Å²) < 4.78 is 0. The number of hydrogen-bond acceptors (Lipinski definition) is 4. The van der Waals surface area contributed by atoms with Gasteiger partial charge in [0.25, 0.3) is 0 Å². The molecule has 0 bridgehead atoms. The number of likely N-dealkylation sites (tertiary alicyclic amines) is 1. The molecule has 1 atom stereocenters. The van der Waals surface area contributed by atoms with E-state index in [0.29, 0.717) is 6.54 Å². The number of aromatic nitrogens is 1. The Morgan fingerprint density at radius 3 is 2.32 bits per heavy atom. The van der Waals surface area contributed by atoms with Crippen molar-refractivity contribution in [3.05, 3.63) is 24.4 Å². The number of hydrogen-bond donors (Lipinski definition) is 0. The van der Waals surface area contributed by atoms with Gasteiger partial charge in [-0.15, -0.1) is 0 Å². The van der Waals surface area contributed by atoms with Crippen molar-refractivity contribution in [1.82, 2.24) is 14.8 Å². The van der Waals surface area contributed by atoms with Crippen LogP contribution < -0.4 is 4.90 Å². The fourth-order valence-electron chi connectivity index (χ4n) is 3.92. The van der Waals surface area contributed by atoms with Crippen molar-refractivity contribution in [3.63, 3.8) is 0 Å². The first kappa shape index (κ1) is 16.4. The van der Waals surface area contributed by atoms with Gasteiger partial charge in [-0.1, -0.05) is 6.07 Å². The fourth-order valence-corrected chi connectivity index (χ4v) is 3.92. The van der Waals surface area contributed by atoms with Gasteiger partial charge in [0.15, 0.2) is 0 Å². The zero-order valence-corrected chi connectivity index (χ0v) is 14.6. The summed E-state index contributed by atoms with van der Waals surface area (Å²) in [5, 5.41) is 0. The Kier molecular flexibility index (Phi) is 4.59. The molecule has 3 heterocycles. The van der Waals surface area contributed by atoms with E-state index in [4.69, 9.17) is 0 Å². The third-order valence-electron chi connectivity index (χ3n) is 5.57. The maximum atomic E-state index is 12.9. The standard InChI is InChI=1S/C19H26N4O2/c24-18(15-6-7-15)23-9-3-4-16(14-23)19(25)22-12-10-21(11-13-22)17-5-1-2-8-20-17/h1-2,5,8,15-16H,3-4,6-7,9-14H2/t16-/m0/s1. The zero-order chi connectivity index (χ0) is 17.2. The number of piperidine rings is 1. The lowest BCUT2D eigenvalue weighted by Crippen LogP contribution is -2.53. The topological polar surface area (TPSA) is 56.8 Å². The number of nitrogens with zero attached hydrogens (tertiary/aromatic N) is 4. The predicted molar refractivity (Wildman–Crippen MR) is 95.1 cm³/mol. The van der Waals surface area contributed by atoms with Gasteiger partial charge in [-0.05, 0) is 37.8 Å². The second-order valence-corrected chi connectivity index (χ2v) is 7.40.